The summed E-state index contributed by atoms with van der Waals surface area (Å²) in [7, 11) is 0. The van der Waals surface area contributed by atoms with Gasteiger partial charge in [-0.1, -0.05) is 20.8 Å². The number of hydrogen-bond acceptors (Lipinski definition) is 1. The molecule has 0 heterocycles. The molecular weight excluding hydrogens is 122 g/mol. The normalized spacial score (nSPS) is 22.8. The highest BCUT2D eigenvalue weighted by atomic mass is 15.0. The van der Waals surface area contributed by atoms with Crippen LogP contribution in [0.5, 0.6) is 0 Å². The zero-order chi connectivity index (χ0) is 7.61. The Labute approximate surface area is 64.2 Å². The second-order valence-electron chi connectivity index (χ2n) is 3.69. The Morgan fingerprint density at radius 3 is 2.10 bits per heavy atom. The predicted molar refractivity (Wildman–Crippen MR) is 45.1 cm³/mol. The lowest BCUT2D eigenvalue weighted by Crippen LogP contribution is -2.54. The molecule has 0 unspecified atom stereocenters. The number of rotatable bonds is 3. The summed E-state index contributed by atoms with van der Waals surface area (Å²) >= 11 is 0. The van der Waals surface area contributed by atoms with Crippen molar-refractivity contribution in [3.8, 4) is 0 Å². The molecule has 0 aromatic rings. The van der Waals surface area contributed by atoms with E-state index in [1.54, 1.807) is 0 Å². The maximum absolute atomic E-state index is 3.59. The Bertz CT molecular complexity index is 103. The smallest absolute Gasteiger partial charge is 0.0204 e. The molecule has 0 radical (unpaired) electrons. The van der Waals surface area contributed by atoms with Crippen LogP contribution in [0.1, 0.15) is 40.0 Å². The largest absolute Gasteiger partial charge is 0.311 e. The predicted octanol–water partition coefficient (Wildman–Crippen LogP) is 2.17. The van der Waals surface area contributed by atoms with Crippen LogP contribution in [0.25, 0.3) is 0 Å². The second-order valence-corrected chi connectivity index (χ2v) is 3.69. The minimum Gasteiger partial charge on any atom is -0.311 e. The molecule has 0 spiro atoms. The molecule has 1 nitrogen and oxygen atoms in total. The van der Waals surface area contributed by atoms with Crippen LogP contribution < -0.4 is 5.32 Å². The van der Waals surface area contributed by atoms with Gasteiger partial charge in [0.2, 0.25) is 0 Å². The van der Waals surface area contributed by atoms with Gasteiger partial charge in [0.25, 0.3) is 0 Å². The first-order valence-corrected chi connectivity index (χ1v) is 4.46. The molecule has 0 saturated heterocycles. The lowest BCUT2D eigenvalue weighted by molar-refractivity contribution is 0.125. The zero-order valence-electron chi connectivity index (χ0n) is 7.41. The fourth-order valence-corrected chi connectivity index (χ4v) is 1.87. The quantitative estimate of drug-likeness (QED) is 0.635. The van der Waals surface area contributed by atoms with Gasteiger partial charge in [-0.3, -0.25) is 0 Å². The Morgan fingerprint density at radius 1 is 1.40 bits per heavy atom. The van der Waals surface area contributed by atoms with Gasteiger partial charge in [0, 0.05) is 5.54 Å². The van der Waals surface area contributed by atoms with Crippen LogP contribution in [-0.2, 0) is 0 Å². The molecule has 0 amide bonds. The van der Waals surface area contributed by atoms with Crippen molar-refractivity contribution in [1.82, 2.24) is 5.32 Å². The molecule has 0 bridgehead atoms. The summed E-state index contributed by atoms with van der Waals surface area (Å²) in [5.74, 6) is 0.807. The van der Waals surface area contributed by atoms with Crippen molar-refractivity contribution >= 4 is 0 Å². The Morgan fingerprint density at radius 2 is 2.00 bits per heavy atom. The van der Waals surface area contributed by atoms with Crippen LogP contribution >= 0.6 is 0 Å². The average molecular weight is 141 g/mol. The minimum atomic E-state index is 0.523. The summed E-state index contributed by atoms with van der Waals surface area (Å²) in [6.07, 6.45) is 4.20. The molecule has 60 valence electrons. The molecule has 1 saturated carbocycles. The van der Waals surface area contributed by atoms with E-state index in [1.165, 1.54) is 19.3 Å². The van der Waals surface area contributed by atoms with E-state index in [4.69, 9.17) is 0 Å². The first-order chi connectivity index (χ1) is 4.71. The third-order valence-electron chi connectivity index (χ3n) is 2.88. The second kappa shape index (κ2) is 2.91. The first-order valence-electron chi connectivity index (χ1n) is 4.46. The molecule has 1 rings (SSSR count). The first kappa shape index (κ1) is 8.06. The third-order valence-corrected chi connectivity index (χ3v) is 2.88. The van der Waals surface area contributed by atoms with Crippen molar-refractivity contribution in [1.29, 1.82) is 0 Å². The summed E-state index contributed by atoms with van der Waals surface area (Å²) in [6, 6.07) is 0. The highest BCUT2D eigenvalue weighted by molar-refractivity contribution is 4.97. The maximum atomic E-state index is 3.59. The van der Waals surface area contributed by atoms with E-state index < -0.39 is 0 Å². The lowest BCUT2D eigenvalue weighted by atomic mass is 9.69. The number of nitrogens with one attached hydrogen (secondary N) is 1. The zero-order valence-corrected chi connectivity index (χ0v) is 7.41. The van der Waals surface area contributed by atoms with Crippen molar-refractivity contribution in [3.05, 3.63) is 0 Å². The van der Waals surface area contributed by atoms with Crippen LogP contribution in [0.15, 0.2) is 0 Å². The van der Waals surface area contributed by atoms with Gasteiger partial charge in [-0.25, -0.2) is 0 Å². The van der Waals surface area contributed by atoms with Crippen LogP contribution in [0.2, 0.25) is 0 Å². The van der Waals surface area contributed by atoms with Crippen LogP contribution in [0, 0.1) is 5.92 Å². The van der Waals surface area contributed by atoms with Crippen LogP contribution in [-0.4, -0.2) is 12.1 Å². The van der Waals surface area contributed by atoms with E-state index in [0.29, 0.717) is 5.54 Å². The minimum absolute atomic E-state index is 0.523. The molecule has 0 aliphatic heterocycles. The highest BCUT2D eigenvalue weighted by Gasteiger charge is 2.38. The molecule has 0 atom stereocenters. The topological polar surface area (TPSA) is 12.0 Å². The van der Waals surface area contributed by atoms with Crippen molar-refractivity contribution in [2.45, 2.75) is 45.6 Å². The van der Waals surface area contributed by atoms with Gasteiger partial charge in [-0.15, -0.1) is 0 Å². The van der Waals surface area contributed by atoms with Gasteiger partial charge in [-0.2, -0.15) is 0 Å². The molecule has 1 aliphatic rings. The average Bonchev–Trinajstić information content (AvgIpc) is 1.77. The van der Waals surface area contributed by atoms with Gasteiger partial charge in [0.15, 0.2) is 0 Å². The number of hydrogen-bond donors (Lipinski definition) is 1. The Hall–Kier alpha value is -0.0400. The fourth-order valence-electron chi connectivity index (χ4n) is 1.87. The Kier molecular flexibility index (Phi) is 2.35. The summed E-state index contributed by atoms with van der Waals surface area (Å²) < 4.78 is 0. The van der Waals surface area contributed by atoms with Crippen molar-refractivity contribution in [2.24, 2.45) is 5.92 Å². The van der Waals surface area contributed by atoms with Gasteiger partial charge in [0.1, 0.15) is 0 Å². The van der Waals surface area contributed by atoms with E-state index in [2.05, 4.69) is 26.1 Å². The summed E-state index contributed by atoms with van der Waals surface area (Å²) in [6.45, 7) is 7.96. The van der Waals surface area contributed by atoms with E-state index in [9.17, 15) is 0 Å². The Balaban J connectivity index is 2.42. The molecule has 0 aromatic carbocycles. The summed E-state index contributed by atoms with van der Waals surface area (Å²) in [4.78, 5) is 0. The van der Waals surface area contributed by atoms with Gasteiger partial charge in [-0.05, 0) is 31.7 Å². The lowest BCUT2D eigenvalue weighted by Gasteiger charge is -2.46. The van der Waals surface area contributed by atoms with E-state index in [0.717, 1.165) is 12.5 Å². The molecule has 1 fully saturated rings. The SMILES string of the molecule is CCNC1(C(C)C)CCC1. The summed E-state index contributed by atoms with van der Waals surface area (Å²) in [5.41, 5.74) is 0.523. The summed E-state index contributed by atoms with van der Waals surface area (Å²) in [5, 5.41) is 3.59. The van der Waals surface area contributed by atoms with Gasteiger partial charge >= 0.3 is 0 Å². The van der Waals surface area contributed by atoms with Crippen molar-refractivity contribution in [2.75, 3.05) is 6.54 Å². The molecule has 1 heteroatoms. The van der Waals surface area contributed by atoms with E-state index >= 15 is 0 Å². The third kappa shape index (κ3) is 1.20. The van der Waals surface area contributed by atoms with E-state index in [-0.39, 0.29) is 0 Å². The molecule has 1 aliphatic carbocycles. The fraction of sp³-hybridized carbons (Fsp3) is 1.00. The van der Waals surface area contributed by atoms with Gasteiger partial charge < -0.3 is 5.32 Å². The maximum Gasteiger partial charge on any atom is 0.0204 e. The highest BCUT2D eigenvalue weighted by Crippen LogP contribution is 2.37. The molecular formula is C9H19N. The van der Waals surface area contributed by atoms with E-state index in [1.807, 2.05) is 0 Å². The monoisotopic (exact) mass is 141 g/mol. The van der Waals surface area contributed by atoms with Crippen molar-refractivity contribution in [3.63, 3.8) is 0 Å². The van der Waals surface area contributed by atoms with Gasteiger partial charge in [0.05, 0.1) is 0 Å². The molecule has 1 N–H and O–H groups in total. The van der Waals surface area contributed by atoms with Crippen LogP contribution in [0.3, 0.4) is 0 Å². The molecule has 10 heavy (non-hydrogen) atoms. The van der Waals surface area contributed by atoms with Crippen molar-refractivity contribution < 1.29 is 0 Å². The molecule has 0 aromatic heterocycles. The van der Waals surface area contributed by atoms with Crippen LogP contribution in [0.4, 0.5) is 0 Å². The standard InChI is InChI=1S/C9H19N/c1-4-10-9(8(2)3)6-5-7-9/h8,10H,4-7H2,1-3H3.